The van der Waals surface area contributed by atoms with E-state index in [9.17, 15) is 9.59 Å². The molecule has 0 fully saturated rings. The number of ether oxygens (including phenoxy) is 5. The maximum Gasteiger partial charge on any atom is 0.519 e. The fourth-order valence-corrected chi connectivity index (χ4v) is 7.56. The van der Waals surface area contributed by atoms with Crippen LogP contribution in [0.5, 0.6) is 28.7 Å². The minimum atomic E-state index is -0.871. The molecule has 0 aliphatic heterocycles. The number of hydrogen-bond donors (Lipinski definition) is 0. The molecule has 0 aliphatic rings. The second-order valence-electron chi connectivity index (χ2n) is 15.9. The number of benzene rings is 8. The molecule has 66 heavy (non-hydrogen) atoms. The third kappa shape index (κ3) is 10.5. The van der Waals surface area contributed by atoms with E-state index in [1.165, 1.54) is 18.2 Å². The van der Waals surface area contributed by atoms with Crippen LogP contribution in [-0.4, -0.2) is 26.3 Å². The molecule has 8 rings (SSSR count). The molecule has 0 radical (unpaired) electrons. The van der Waals surface area contributed by atoms with Crippen LogP contribution in [0.25, 0.3) is 22.8 Å². The highest BCUT2D eigenvalue weighted by Gasteiger charge is 2.16. The van der Waals surface area contributed by atoms with Crippen molar-refractivity contribution in [1.82, 2.24) is 0 Å². The quantitative estimate of drug-likeness (QED) is 0.0643. The molecule has 0 bridgehead atoms. The molecule has 0 aliphatic carbocycles. The Morgan fingerprint density at radius 2 is 0.939 bits per heavy atom. The van der Waals surface area contributed by atoms with Gasteiger partial charge in [-0.1, -0.05) is 96.1 Å². The van der Waals surface area contributed by atoms with Gasteiger partial charge in [-0.25, -0.2) is 9.59 Å². The number of carbonyl (C=O) groups is 2. The second kappa shape index (κ2) is 20.0. The van der Waals surface area contributed by atoms with Gasteiger partial charge in [-0.05, 0) is 175 Å². The maximum absolute atomic E-state index is 13.0. The number of anilines is 3. The lowest BCUT2D eigenvalue weighted by molar-refractivity contribution is 0.0599. The molecule has 8 heteroatoms. The molecule has 0 heterocycles. The third-order valence-corrected chi connectivity index (χ3v) is 11.2. The number of esters is 1. The number of rotatable bonds is 13. The number of hydrogen-bond acceptors (Lipinski definition) is 8. The van der Waals surface area contributed by atoms with E-state index in [0.29, 0.717) is 34.1 Å². The summed E-state index contributed by atoms with van der Waals surface area (Å²) in [5.41, 5.74) is 13.7. The van der Waals surface area contributed by atoms with Crippen molar-refractivity contribution in [3.63, 3.8) is 0 Å². The first kappa shape index (κ1) is 44.3. The molecule has 0 atom stereocenters. The largest absolute Gasteiger partial charge is 0.519 e. The van der Waals surface area contributed by atoms with Crippen LogP contribution in [0.3, 0.4) is 0 Å². The van der Waals surface area contributed by atoms with Gasteiger partial charge >= 0.3 is 12.1 Å². The lowest BCUT2D eigenvalue weighted by Gasteiger charge is -2.26. The van der Waals surface area contributed by atoms with Gasteiger partial charge in [0.2, 0.25) is 0 Å². The van der Waals surface area contributed by atoms with Gasteiger partial charge in [-0.15, -0.1) is 0 Å². The Morgan fingerprint density at radius 1 is 0.470 bits per heavy atom. The van der Waals surface area contributed by atoms with Gasteiger partial charge in [0.05, 0.1) is 19.8 Å². The van der Waals surface area contributed by atoms with Crippen LogP contribution in [0.15, 0.2) is 182 Å². The molecule has 8 aromatic rings. The molecule has 0 spiro atoms. The van der Waals surface area contributed by atoms with Gasteiger partial charge in [-0.2, -0.15) is 0 Å². The topological polar surface area (TPSA) is 83.5 Å². The highest BCUT2D eigenvalue weighted by molar-refractivity contribution is 5.92. The van der Waals surface area contributed by atoms with Crippen molar-refractivity contribution in [2.75, 3.05) is 19.1 Å². The Hall–Kier alpha value is -8.36. The van der Waals surface area contributed by atoms with Crippen LogP contribution in [-0.2, 0) is 4.74 Å². The first-order valence-electron chi connectivity index (χ1n) is 21.5. The van der Waals surface area contributed by atoms with Crippen molar-refractivity contribution in [1.29, 1.82) is 0 Å². The number of nitrogens with zero attached hydrogens (tertiary/aromatic N) is 1. The Labute approximate surface area is 385 Å². The Morgan fingerprint density at radius 3 is 1.44 bits per heavy atom. The van der Waals surface area contributed by atoms with Crippen LogP contribution in [0.1, 0.15) is 49.3 Å². The number of aryl methyl sites for hydroxylation is 4. The zero-order valence-electron chi connectivity index (χ0n) is 37.7. The molecule has 0 amide bonds. The summed E-state index contributed by atoms with van der Waals surface area (Å²) in [6, 6.07) is 59.9. The fraction of sp³-hybridized carbons (Fsp3) is 0.103. The predicted molar refractivity (Wildman–Crippen MR) is 263 cm³/mol. The monoisotopic (exact) mass is 871 g/mol. The molecule has 0 saturated heterocycles. The van der Waals surface area contributed by atoms with Crippen molar-refractivity contribution in [2.45, 2.75) is 27.7 Å². The smallest absolute Gasteiger partial charge is 0.497 e. The predicted octanol–water partition coefficient (Wildman–Crippen LogP) is 14.8. The first-order chi connectivity index (χ1) is 32.0. The van der Waals surface area contributed by atoms with Crippen LogP contribution in [0, 0.1) is 27.7 Å². The lowest BCUT2D eigenvalue weighted by Crippen LogP contribution is -2.14. The van der Waals surface area contributed by atoms with E-state index in [1.807, 2.05) is 43.3 Å². The van der Waals surface area contributed by atoms with Crippen molar-refractivity contribution < 1.29 is 33.3 Å². The van der Waals surface area contributed by atoms with E-state index < -0.39 is 12.1 Å². The first-order valence-corrected chi connectivity index (χ1v) is 21.5. The lowest BCUT2D eigenvalue weighted by atomic mass is 9.95. The summed E-state index contributed by atoms with van der Waals surface area (Å²) in [6.45, 7) is 7.82. The van der Waals surface area contributed by atoms with Gasteiger partial charge < -0.3 is 28.6 Å². The summed E-state index contributed by atoms with van der Waals surface area (Å²) >= 11 is 0. The fourth-order valence-electron chi connectivity index (χ4n) is 7.56. The zero-order valence-corrected chi connectivity index (χ0v) is 37.7. The zero-order chi connectivity index (χ0) is 46.2. The molecule has 8 nitrogen and oxygen atoms in total. The van der Waals surface area contributed by atoms with Crippen LogP contribution >= 0.6 is 0 Å². The van der Waals surface area contributed by atoms with E-state index in [-0.39, 0.29) is 0 Å². The molecule has 0 unspecified atom stereocenters. The summed E-state index contributed by atoms with van der Waals surface area (Å²) in [4.78, 5) is 27.2. The summed E-state index contributed by atoms with van der Waals surface area (Å²) in [5, 5.41) is 0. The van der Waals surface area contributed by atoms with Crippen LogP contribution in [0.4, 0.5) is 21.9 Å². The average molecular weight is 872 g/mol. The summed E-state index contributed by atoms with van der Waals surface area (Å²) in [5.74, 6) is 2.10. The standard InChI is InChI=1S/C58H49NO7/c1-38-7-21-47(22-8-38)59(48-23-9-39(2)10-24-48)49-25-15-44(16-26-49)43-13-11-42(12-14-43)37-55(45-17-27-50(62-5)28-18-45)46-19-29-51(30-20-46)65-58(61)66-56-34-32-53(36-41(56)4)64-52-31-33-54(40(3)35-52)57(60)63-6/h7-37H,1-6H3. The molecule has 0 saturated carbocycles. The van der Waals surface area contributed by atoms with Gasteiger partial charge in [0.1, 0.15) is 28.7 Å². The van der Waals surface area contributed by atoms with Crippen molar-refractivity contribution in [3.8, 4) is 39.9 Å². The molecule has 8 aromatic carbocycles. The average Bonchev–Trinajstić information content (AvgIpc) is 3.33. The summed E-state index contributed by atoms with van der Waals surface area (Å²) in [7, 11) is 3.00. The number of carbonyl (C=O) groups excluding carboxylic acids is 2. The van der Waals surface area contributed by atoms with Crippen molar-refractivity contribution >= 4 is 40.8 Å². The summed E-state index contributed by atoms with van der Waals surface area (Å²) < 4.78 is 27.5. The van der Waals surface area contributed by atoms with Gasteiger partial charge in [0, 0.05) is 17.1 Å². The SMILES string of the molecule is COC(=O)c1ccc(Oc2ccc(OC(=O)Oc3ccc(C(=Cc4ccc(-c5ccc(N(c6ccc(C)cc6)c6ccc(C)cc6)cc5)cc4)c4ccc(OC)cc4)cc3)c(C)c2)cc1C. The van der Waals surface area contributed by atoms with E-state index >= 15 is 0 Å². The Balaban J connectivity index is 0.965. The molecule has 328 valence electrons. The Kier molecular flexibility index (Phi) is 13.4. The highest BCUT2D eigenvalue weighted by Crippen LogP contribution is 2.37. The van der Waals surface area contributed by atoms with E-state index in [4.69, 9.17) is 23.7 Å². The minimum Gasteiger partial charge on any atom is -0.497 e. The van der Waals surface area contributed by atoms with Gasteiger partial charge in [-0.3, -0.25) is 0 Å². The molecular formula is C58H49NO7. The second-order valence-corrected chi connectivity index (χ2v) is 15.9. The maximum atomic E-state index is 13.0. The summed E-state index contributed by atoms with van der Waals surface area (Å²) in [6.07, 6.45) is 1.28. The van der Waals surface area contributed by atoms with Gasteiger partial charge in [0.15, 0.2) is 0 Å². The number of methoxy groups -OCH3 is 2. The molecule has 0 N–H and O–H groups in total. The van der Waals surface area contributed by atoms with Crippen LogP contribution < -0.4 is 23.8 Å². The van der Waals surface area contributed by atoms with E-state index in [1.54, 1.807) is 62.6 Å². The van der Waals surface area contributed by atoms with Crippen molar-refractivity contribution in [3.05, 3.63) is 226 Å². The third-order valence-electron chi connectivity index (χ3n) is 11.2. The van der Waals surface area contributed by atoms with E-state index in [2.05, 4.69) is 122 Å². The van der Waals surface area contributed by atoms with Gasteiger partial charge in [0.25, 0.3) is 0 Å². The molecule has 0 aromatic heterocycles. The van der Waals surface area contributed by atoms with E-state index in [0.717, 1.165) is 61.8 Å². The van der Waals surface area contributed by atoms with Crippen molar-refractivity contribution in [2.24, 2.45) is 0 Å². The van der Waals surface area contributed by atoms with Crippen LogP contribution in [0.2, 0.25) is 0 Å². The molecular weight excluding hydrogens is 823 g/mol. The normalized spacial score (nSPS) is 11.1. The Bertz CT molecular complexity index is 2950. The highest BCUT2D eigenvalue weighted by atomic mass is 16.7. The minimum absolute atomic E-state index is 0.330.